The van der Waals surface area contributed by atoms with Crippen LogP contribution in [0, 0.1) is 0 Å². The second kappa shape index (κ2) is 16.7. The lowest BCUT2D eigenvalue weighted by atomic mass is 9.85. The number of hydrogen-bond acceptors (Lipinski definition) is 1. The largest absolute Gasteiger partial charge is 0.310 e. The van der Waals surface area contributed by atoms with Gasteiger partial charge in [0.1, 0.15) is 0 Å². The molecule has 11 rings (SSSR count). The standard InChI is InChI=1S/C62H43N/c1-6-19-44(20-7-1)50-29-18-30-53(41-50)63(52-36-33-47(34-37-52)55-39-35-51(45-21-8-2-9-22-45)42-59(55)46-23-10-3-11-24-46)54-38-40-57-56-31-16-17-32-58(56)61(48-25-12-4-13-26-48)62(60(57)43-54)49-27-14-5-15-28-49/h1-43H. The van der Waals surface area contributed by atoms with Crippen molar-refractivity contribution in [3.63, 3.8) is 0 Å². The molecule has 0 atom stereocenters. The molecular formula is C62H43N. The second-order valence-corrected chi connectivity index (χ2v) is 16.0. The number of hydrogen-bond donors (Lipinski definition) is 0. The monoisotopic (exact) mass is 801 g/mol. The summed E-state index contributed by atoms with van der Waals surface area (Å²) in [6.45, 7) is 0. The van der Waals surface area contributed by atoms with Gasteiger partial charge in [0.05, 0.1) is 0 Å². The Kier molecular flexibility index (Phi) is 9.97. The highest BCUT2D eigenvalue weighted by Gasteiger charge is 2.21. The van der Waals surface area contributed by atoms with Crippen molar-refractivity contribution in [1.82, 2.24) is 0 Å². The lowest BCUT2D eigenvalue weighted by Gasteiger charge is -2.27. The first-order chi connectivity index (χ1) is 31.3. The van der Waals surface area contributed by atoms with Crippen molar-refractivity contribution in [2.24, 2.45) is 0 Å². The SMILES string of the molecule is c1ccc(-c2cccc(N(c3ccc(-c4ccc(-c5ccccc5)cc4-c4ccccc4)cc3)c3ccc4c(c3)c(-c3ccccc3)c(-c3ccccc3)c3ccccc34)c2)cc1. The molecule has 0 heterocycles. The van der Waals surface area contributed by atoms with Crippen LogP contribution in [0.2, 0.25) is 0 Å². The zero-order valence-corrected chi connectivity index (χ0v) is 34.8. The predicted octanol–water partition coefficient (Wildman–Crippen LogP) is 17.5. The molecule has 0 amide bonds. The van der Waals surface area contributed by atoms with Crippen LogP contribution in [0.25, 0.3) is 88.3 Å². The molecule has 11 aromatic carbocycles. The van der Waals surface area contributed by atoms with Crippen molar-refractivity contribution in [2.75, 3.05) is 4.90 Å². The first-order valence-electron chi connectivity index (χ1n) is 21.7. The molecule has 0 radical (unpaired) electrons. The summed E-state index contributed by atoms with van der Waals surface area (Å²) in [6, 6.07) is 94.7. The zero-order valence-electron chi connectivity index (χ0n) is 34.8. The molecule has 0 aliphatic rings. The summed E-state index contributed by atoms with van der Waals surface area (Å²) in [4.78, 5) is 2.42. The molecule has 0 bridgehead atoms. The highest BCUT2D eigenvalue weighted by molar-refractivity contribution is 6.22. The molecule has 1 heteroatoms. The molecular weight excluding hydrogens is 759 g/mol. The normalized spacial score (nSPS) is 11.2. The van der Waals surface area contributed by atoms with E-state index in [1.54, 1.807) is 0 Å². The van der Waals surface area contributed by atoms with Crippen LogP contribution in [0.3, 0.4) is 0 Å². The first kappa shape index (κ1) is 37.7. The maximum atomic E-state index is 2.42. The summed E-state index contributed by atoms with van der Waals surface area (Å²) in [5.74, 6) is 0. The maximum absolute atomic E-state index is 2.42. The molecule has 0 spiro atoms. The van der Waals surface area contributed by atoms with E-state index in [0.717, 1.165) is 17.1 Å². The third-order valence-corrected chi connectivity index (χ3v) is 12.3. The highest BCUT2D eigenvalue weighted by atomic mass is 15.1. The Hall–Kier alpha value is -8.26. The zero-order chi connectivity index (χ0) is 42.0. The maximum Gasteiger partial charge on any atom is 0.0468 e. The molecule has 63 heavy (non-hydrogen) atoms. The third-order valence-electron chi connectivity index (χ3n) is 12.3. The van der Waals surface area contributed by atoms with Gasteiger partial charge in [0.2, 0.25) is 0 Å². The minimum atomic E-state index is 1.08. The van der Waals surface area contributed by atoms with Crippen LogP contribution >= 0.6 is 0 Å². The van der Waals surface area contributed by atoms with Gasteiger partial charge in [-0.3, -0.25) is 0 Å². The average Bonchev–Trinajstić information content (AvgIpc) is 3.37. The minimum Gasteiger partial charge on any atom is -0.310 e. The van der Waals surface area contributed by atoms with E-state index in [9.17, 15) is 0 Å². The Morgan fingerprint density at radius 1 is 0.190 bits per heavy atom. The molecule has 11 aromatic rings. The van der Waals surface area contributed by atoms with Gasteiger partial charge in [-0.05, 0) is 131 Å². The van der Waals surface area contributed by atoms with E-state index in [-0.39, 0.29) is 0 Å². The smallest absolute Gasteiger partial charge is 0.0468 e. The van der Waals surface area contributed by atoms with Crippen LogP contribution in [0.5, 0.6) is 0 Å². The van der Waals surface area contributed by atoms with Crippen molar-refractivity contribution >= 4 is 38.6 Å². The number of benzene rings is 11. The van der Waals surface area contributed by atoms with Gasteiger partial charge in [-0.2, -0.15) is 0 Å². The van der Waals surface area contributed by atoms with Gasteiger partial charge in [-0.25, -0.2) is 0 Å². The van der Waals surface area contributed by atoms with Gasteiger partial charge in [0.15, 0.2) is 0 Å². The molecule has 296 valence electrons. The number of rotatable bonds is 9. The van der Waals surface area contributed by atoms with Crippen LogP contribution in [-0.2, 0) is 0 Å². The van der Waals surface area contributed by atoms with Gasteiger partial charge in [-0.1, -0.05) is 218 Å². The number of anilines is 3. The van der Waals surface area contributed by atoms with E-state index >= 15 is 0 Å². The second-order valence-electron chi connectivity index (χ2n) is 16.0. The summed E-state index contributed by atoms with van der Waals surface area (Å²) in [5, 5.41) is 4.93. The van der Waals surface area contributed by atoms with Crippen LogP contribution in [0.1, 0.15) is 0 Å². The van der Waals surface area contributed by atoms with E-state index in [1.165, 1.54) is 88.3 Å². The lowest BCUT2D eigenvalue weighted by molar-refractivity contribution is 1.29. The van der Waals surface area contributed by atoms with Gasteiger partial charge < -0.3 is 4.90 Å². The molecule has 0 aromatic heterocycles. The van der Waals surface area contributed by atoms with Crippen molar-refractivity contribution < 1.29 is 0 Å². The number of nitrogens with zero attached hydrogens (tertiary/aromatic N) is 1. The fourth-order valence-corrected chi connectivity index (χ4v) is 9.28. The van der Waals surface area contributed by atoms with Crippen LogP contribution < -0.4 is 4.90 Å². The van der Waals surface area contributed by atoms with Crippen LogP contribution in [0.15, 0.2) is 261 Å². The summed E-state index contributed by atoms with van der Waals surface area (Å²) in [7, 11) is 0. The third kappa shape index (κ3) is 7.26. The van der Waals surface area contributed by atoms with Gasteiger partial charge in [0, 0.05) is 17.1 Å². The molecule has 0 aliphatic heterocycles. The fourth-order valence-electron chi connectivity index (χ4n) is 9.28. The Morgan fingerprint density at radius 2 is 0.603 bits per heavy atom. The average molecular weight is 802 g/mol. The van der Waals surface area contributed by atoms with Gasteiger partial charge in [0.25, 0.3) is 0 Å². The Balaban J connectivity index is 1.12. The van der Waals surface area contributed by atoms with E-state index in [0.29, 0.717) is 0 Å². The van der Waals surface area contributed by atoms with E-state index in [2.05, 4.69) is 266 Å². The molecule has 1 nitrogen and oxygen atoms in total. The molecule has 0 saturated heterocycles. The van der Waals surface area contributed by atoms with Crippen molar-refractivity contribution in [1.29, 1.82) is 0 Å². The summed E-state index contributed by atoms with van der Waals surface area (Å²) in [5.41, 5.74) is 17.7. The molecule has 0 saturated carbocycles. The Labute approximate surface area is 369 Å². The molecule has 0 aliphatic carbocycles. The Bertz CT molecular complexity index is 3340. The summed E-state index contributed by atoms with van der Waals surface area (Å²) < 4.78 is 0. The van der Waals surface area contributed by atoms with Gasteiger partial charge in [-0.15, -0.1) is 0 Å². The summed E-state index contributed by atoms with van der Waals surface area (Å²) >= 11 is 0. The first-order valence-corrected chi connectivity index (χ1v) is 21.7. The van der Waals surface area contributed by atoms with Crippen LogP contribution in [0.4, 0.5) is 17.1 Å². The topological polar surface area (TPSA) is 3.24 Å². The quantitative estimate of drug-likeness (QED) is 0.131. The Morgan fingerprint density at radius 3 is 1.21 bits per heavy atom. The van der Waals surface area contributed by atoms with Crippen molar-refractivity contribution in [3.8, 4) is 66.8 Å². The van der Waals surface area contributed by atoms with Crippen molar-refractivity contribution in [3.05, 3.63) is 261 Å². The predicted molar refractivity (Wildman–Crippen MR) is 269 cm³/mol. The van der Waals surface area contributed by atoms with Crippen LogP contribution in [-0.4, -0.2) is 0 Å². The summed E-state index contributed by atoms with van der Waals surface area (Å²) in [6.07, 6.45) is 0. The highest BCUT2D eigenvalue weighted by Crippen LogP contribution is 2.47. The lowest BCUT2D eigenvalue weighted by Crippen LogP contribution is -2.10. The van der Waals surface area contributed by atoms with E-state index in [4.69, 9.17) is 0 Å². The molecule has 0 fully saturated rings. The van der Waals surface area contributed by atoms with Gasteiger partial charge >= 0.3 is 0 Å². The van der Waals surface area contributed by atoms with E-state index in [1.807, 2.05) is 0 Å². The molecule has 0 unspecified atom stereocenters. The van der Waals surface area contributed by atoms with Crippen molar-refractivity contribution in [2.45, 2.75) is 0 Å². The van der Waals surface area contributed by atoms with E-state index < -0.39 is 0 Å². The number of fused-ring (bicyclic) bond motifs is 3. The fraction of sp³-hybridized carbons (Fsp3) is 0. The minimum absolute atomic E-state index is 1.08. The molecule has 0 N–H and O–H groups in total.